The van der Waals surface area contributed by atoms with Gasteiger partial charge in [0.25, 0.3) is 0 Å². The summed E-state index contributed by atoms with van der Waals surface area (Å²) in [6.07, 6.45) is 2.01. The molecule has 0 radical (unpaired) electrons. The number of carboxylic acids is 1. The molecule has 1 amide bonds. The van der Waals surface area contributed by atoms with Gasteiger partial charge in [0.1, 0.15) is 6.04 Å². The molecular weight excluding hydrogens is 220 g/mol. The monoisotopic (exact) mass is 244 g/mol. The van der Waals surface area contributed by atoms with E-state index >= 15 is 0 Å². The second-order valence-electron chi connectivity index (χ2n) is 4.88. The van der Waals surface area contributed by atoms with E-state index in [1.807, 2.05) is 6.92 Å². The summed E-state index contributed by atoms with van der Waals surface area (Å²) in [4.78, 5) is 22.0. The minimum atomic E-state index is -0.953. The van der Waals surface area contributed by atoms with Crippen molar-refractivity contribution in [3.05, 3.63) is 0 Å². The van der Waals surface area contributed by atoms with Crippen LogP contribution in [-0.4, -0.2) is 35.6 Å². The maximum Gasteiger partial charge on any atom is 0.320 e. The van der Waals surface area contributed by atoms with Gasteiger partial charge in [-0.25, -0.2) is 0 Å². The van der Waals surface area contributed by atoms with Crippen LogP contribution >= 0.6 is 0 Å². The summed E-state index contributed by atoms with van der Waals surface area (Å²) < 4.78 is 0. The summed E-state index contributed by atoms with van der Waals surface area (Å²) in [6.45, 7) is 7.80. The Morgan fingerprint density at radius 1 is 1.12 bits per heavy atom. The van der Waals surface area contributed by atoms with Gasteiger partial charge in [0.2, 0.25) is 5.91 Å². The van der Waals surface area contributed by atoms with E-state index < -0.39 is 12.0 Å². The van der Waals surface area contributed by atoms with Crippen molar-refractivity contribution in [2.24, 2.45) is 5.92 Å². The van der Waals surface area contributed by atoms with Gasteiger partial charge in [-0.1, -0.05) is 13.8 Å². The normalized spacial score (nSPS) is 14.4. The third-order valence-electron chi connectivity index (χ3n) is 2.52. The number of carbonyl (C=O) groups excluding carboxylic acids is 1. The average molecular weight is 244 g/mol. The molecule has 17 heavy (non-hydrogen) atoms. The SMILES string of the molecule is CC(C)CCC(C)NC(=O)CN[C@@H](C)C(=O)O. The van der Waals surface area contributed by atoms with Crippen molar-refractivity contribution < 1.29 is 14.7 Å². The molecule has 0 aliphatic carbocycles. The fourth-order valence-electron chi connectivity index (χ4n) is 1.31. The van der Waals surface area contributed by atoms with Crippen LogP contribution < -0.4 is 10.6 Å². The first-order valence-corrected chi connectivity index (χ1v) is 6.08. The Bertz CT molecular complexity index is 254. The van der Waals surface area contributed by atoms with Crippen LogP contribution in [0.3, 0.4) is 0 Å². The quantitative estimate of drug-likeness (QED) is 0.595. The Hall–Kier alpha value is -1.10. The van der Waals surface area contributed by atoms with Gasteiger partial charge >= 0.3 is 5.97 Å². The maximum atomic E-state index is 11.5. The first-order valence-electron chi connectivity index (χ1n) is 6.08. The van der Waals surface area contributed by atoms with Crippen LogP contribution in [0.2, 0.25) is 0 Å². The lowest BCUT2D eigenvalue weighted by Gasteiger charge is -2.16. The van der Waals surface area contributed by atoms with Gasteiger partial charge in [0, 0.05) is 6.04 Å². The van der Waals surface area contributed by atoms with Gasteiger partial charge in [-0.15, -0.1) is 0 Å². The number of hydrogen-bond acceptors (Lipinski definition) is 3. The highest BCUT2D eigenvalue weighted by atomic mass is 16.4. The van der Waals surface area contributed by atoms with Crippen LogP contribution in [0.4, 0.5) is 0 Å². The Morgan fingerprint density at radius 3 is 2.18 bits per heavy atom. The maximum absolute atomic E-state index is 11.5. The van der Waals surface area contributed by atoms with Crippen LogP contribution in [0, 0.1) is 5.92 Å². The molecule has 0 saturated carbocycles. The highest BCUT2D eigenvalue weighted by Gasteiger charge is 2.13. The summed E-state index contributed by atoms with van der Waals surface area (Å²) in [5.74, 6) is -0.487. The molecule has 0 aromatic heterocycles. The van der Waals surface area contributed by atoms with Crippen LogP contribution in [-0.2, 0) is 9.59 Å². The molecule has 0 heterocycles. The highest BCUT2D eigenvalue weighted by Crippen LogP contribution is 2.05. The lowest BCUT2D eigenvalue weighted by atomic mass is 10.0. The summed E-state index contributed by atoms with van der Waals surface area (Å²) in [5, 5.41) is 14.1. The van der Waals surface area contributed by atoms with Gasteiger partial charge in [-0.3, -0.25) is 14.9 Å². The molecule has 0 bridgehead atoms. The Labute approximate surface area is 103 Å². The molecule has 0 aliphatic rings. The minimum absolute atomic E-state index is 0.0412. The van der Waals surface area contributed by atoms with Crippen LogP contribution in [0.25, 0.3) is 0 Å². The van der Waals surface area contributed by atoms with Crippen molar-refractivity contribution in [2.75, 3.05) is 6.54 Å². The van der Waals surface area contributed by atoms with Crippen molar-refractivity contribution in [2.45, 2.75) is 52.6 Å². The zero-order valence-corrected chi connectivity index (χ0v) is 11.1. The Morgan fingerprint density at radius 2 is 1.71 bits per heavy atom. The topological polar surface area (TPSA) is 78.4 Å². The summed E-state index contributed by atoms with van der Waals surface area (Å²) in [6, 6.07) is -0.571. The van der Waals surface area contributed by atoms with E-state index in [0.29, 0.717) is 5.92 Å². The summed E-state index contributed by atoms with van der Waals surface area (Å²) in [5.41, 5.74) is 0. The smallest absolute Gasteiger partial charge is 0.320 e. The standard InChI is InChI=1S/C12H24N2O3/c1-8(2)5-6-9(3)14-11(15)7-13-10(4)12(16)17/h8-10,13H,5-7H2,1-4H3,(H,14,15)(H,16,17)/t9?,10-/m0/s1. The van der Waals surface area contributed by atoms with Crippen LogP contribution in [0.1, 0.15) is 40.5 Å². The molecule has 0 fully saturated rings. The van der Waals surface area contributed by atoms with Gasteiger partial charge in [-0.05, 0) is 32.6 Å². The highest BCUT2D eigenvalue weighted by molar-refractivity contribution is 5.79. The lowest BCUT2D eigenvalue weighted by molar-refractivity contribution is -0.139. The van der Waals surface area contributed by atoms with Gasteiger partial charge in [0.15, 0.2) is 0 Å². The molecule has 0 rings (SSSR count). The molecule has 0 spiro atoms. The number of carbonyl (C=O) groups is 2. The molecule has 0 aromatic carbocycles. The predicted octanol–water partition coefficient (Wildman–Crippen LogP) is 0.990. The number of hydrogen-bond donors (Lipinski definition) is 3. The molecular formula is C12H24N2O3. The zero-order valence-electron chi connectivity index (χ0n) is 11.1. The number of aliphatic carboxylic acids is 1. The van der Waals surface area contributed by atoms with Crippen molar-refractivity contribution in [1.82, 2.24) is 10.6 Å². The second-order valence-corrected chi connectivity index (χ2v) is 4.88. The zero-order chi connectivity index (χ0) is 13.4. The molecule has 0 saturated heterocycles. The molecule has 3 N–H and O–H groups in total. The minimum Gasteiger partial charge on any atom is -0.480 e. The molecule has 0 aromatic rings. The first-order chi connectivity index (χ1) is 7.82. The van der Waals surface area contributed by atoms with Crippen molar-refractivity contribution in [3.63, 3.8) is 0 Å². The van der Waals surface area contributed by atoms with E-state index in [-0.39, 0.29) is 18.5 Å². The first kappa shape index (κ1) is 15.9. The van der Waals surface area contributed by atoms with Crippen molar-refractivity contribution in [3.8, 4) is 0 Å². The van der Waals surface area contributed by atoms with E-state index in [0.717, 1.165) is 12.8 Å². The lowest BCUT2D eigenvalue weighted by Crippen LogP contribution is -2.43. The molecule has 5 nitrogen and oxygen atoms in total. The predicted molar refractivity (Wildman–Crippen MR) is 66.8 cm³/mol. The van der Waals surface area contributed by atoms with Crippen LogP contribution in [0.15, 0.2) is 0 Å². The van der Waals surface area contributed by atoms with Gasteiger partial charge in [-0.2, -0.15) is 0 Å². The van der Waals surface area contributed by atoms with Crippen LogP contribution in [0.5, 0.6) is 0 Å². The fraction of sp³-hybridized carbons (Fsp3) is 0.833. The number of nitrogens with one attached hydrogen (secondary N) is 2. The second kappa shape index (κ2) is 8.06. The van der Waals surface area contributed by atoms with Crippen molar-refractivity contribution >= 4 is 11.9 Å². The number of amides is 1. The molecule has 0 aliphatic heterocycles. The van der Waals surface area contributed by atoms with E-state index in [2.05, 4.69) is 24.5 Å². The van der Waals surface area contributed by atoms with E-state index in [4.69, 9.17) is 5.11 Å². The van der Waals surface area contributed by atoms with E-state index in [1.165, 1.54) is 6.92 Å². The third-order valence-corrected chi connectivity index (χ3v) is 2.52. The Kier molecular flexibility index (Phi) is 7.54. The fourth-order valence-corrected chi connectivity index (χ4v) is 1.31. The average Bonchev–Trinajstić information content (AvgIpc) is 2.22. The molecule has 1 unspecified atom stereocenters. The van der Waals surface area contributed by atoms with E-state index in [1.54, 1.807) is 0 Å². The number of rotatable bonds is 8. The summed E-state index contributed by atoms with van der Waals surface area (Å²) in [7, 11) is 0. The number of carboxylic acid groups (broad SMARTS) is 1. The largest absolute Gasteiger partial charge is 0.480 e. The van der Waals surface area contributed by atoms with Gasteiger partial charge in [0.05, 0.1) is 6.54 Å². The van der Waals surface area contributed by atoms with Gasteiger partial charge < -0.3 is 10.4 Å². The molecule has 2 atom stereocenters. The summed E-state index contributed by atoms with van der Waals surface area (Å²) >= 11 is 0. The van der Waals surface area contributed by atoms with Crippen molar-refractivity contribution in [1.29, 1.82) is 0 Å². The molecule has 100 valence electrons. The Balaban J connectivity index is 3.74. The molecule has 5 heteroatoms. The van der Waals surface area contributed by atoms with E-state index in [9.17, 15) is 9.59 Å². The third kappa shape index (κ3) is 8.68.